The number of rotatable bonds is 6. The molecule has 0 bridgehead atoms. The Kier molecular flexibility index (Phi) is 5.84. The summed E-state index contributed by atoms with van der Waals surface area (Å²) in [5, 5.41) is 0. The highest BCUT2D eigenvalue weighted by molar-refractivity contribution is 6.05. The molecule has 2 rings (SSSR count). The Hall–Kier alpha value is -3.22. The van der Waals surface area contributed by atoms with Crippen LogP contribution in [0.15, 0.2) is 36.4 Å². The molecule has 0 saturated heterocycles. The van der Waals surface area contributed by atoms with Crippen molar-refractivity contribution in [1.82, 2.24) is 0 Å². The Labute approximate surface area is 145 Å². The predicted octanol–water partition coefficient (Wildman–Crippen LogP) is 2.72. The van der Waals surface area contributed by atoms with Gasteiger partial charge in [0.05, 0.1) is 28.4 Å². The number of methoxy groups -OCH3 is 4. The molecular weight excluding hydrogens is 328 g/mol. The van der Waals surface area contributed by atoms with E-state index in [1.165, 1.54) is 52.7 Å². The maximum absolute atomic E-state index is 12.3. The summed E-state index contributed by atoms with van der Waals surface area (Å²) in [5.74, 6) is -0.199. The van der Waals surface area contributed by atoms with Gasteiger partial charge in [0.1, 0.15) is 34.1 Å². The van der Waals surface area contributed by atoms with Crippen LogP contribution in [0.4, 0.5) is 0 Å². The zero-order valence-corrected chi connectivity index (χ0v) is 14.3. The molecule has 0 radical (unpaired) electrons. The maximum Gasteiger partial charge on any atom is 0.349 e. The first-order valence-corrected chi connectivity index (χ1v) is 7.24. The zero-order chi connectivity index (χ0) is 18.4. The number of esters is 2. The Bertz CT molecular complexity index is 717. The second-order valence-electron chi connectivity index (χ2n) is 4.81. The summed E-state index contributed by atoms with van der Waals surface area (Å²) in [7, 11) is 5.79. The molecule has 2 aromatic carbocycles. The van der Waals surface area contributed by atoms with Crippen LogP contribution >= 0.6 is 0 Å². The summed E-state index contributed by atoms with van der Waals surface area (Å²) in [6.07, 6.45) is 0. The van der Waals surface area contributed by atoms with Crippen LogP contribution in [0.5, 0.6) is 23.0 Å². The lowest BCUT2D eigenvalue weighted by atomic mass is 10.1. The van der Waals surface area contributed by atoms with Gasteiger partial charge in [0.25, 0.3) is 0 Å². The van der Waals surface area contributed by atoms with Gasteiger partial charge in [-0.1, -0.05) is 0 Å². The van der Waals surface area contributed by atoms with Gasteiger partial charge in [0, 0.05) is 12.1 Å². The van der Waals surface area contributed by atoms with E-state index in [0.29, 0.717) is 11.5 Å². The van der Waals surface area contributed by atoms with Crippen LogP contribution in [0.3, 0.4) is 0 Å². The van der Waals surface area contributed by atoms with Crippen molar-refractivity contribution in [1.29, 1.82) is 0 Å². The topological polar surface area (TPSA) is 80.3 Å². The molecule has 0 atom stereocenters. The van der Waals surface area contributed by atoms with Crippen LogP contribution in [0.25, 0.3) is 0 Å². The summed E-state index contributed by atoms with van der Waals surface area (Å²) in [4.78, 5) is 24.6. The third kappa shape index (κ3) is 4.00. The van der Waals surface area contributed by atoms with Crippen molar-refractivity contribution >= 4 is 11.9 Å². The zero-order valence-electron chi connectivity index (χ0n) is 14.3. The molecule has 0 heterocycles. The minimum absolute atomic E-state index is 0.101. The van der Waals surface area contributed by atoms with Gasteiger partial charge in [0.2, 0.25) is 0 Å². The van der Waals surface area contributed by atoms with E-state index in [4.69, 9.17) is 23.7 Å². The van der Waals surface area contributed by atoms with Gasteiger partial charge < -0.3 is 23.7 Å². The van der Waals surface area contributed by atoms with Gasteiger partial charge >= 0.3 is 11.9 Å². The van der Waals surface area contributed by atoms with E-state index in [9.17, 15) is 9.59 Å². The molecule has 0 aliphatic carbocycles. The van der Waals surface area contributed by atoms with Gasteiger partial charge in [-0.15, -0.1) is 0 Å². The Morgan fingerprint density at radius 2 is 1.04 bits per heavy atom. The van der Waals surface area contributed by atoms with Crippen molar-refractivity contribution in [2.24, 2.45) is 0 Å². The molecule has 7 heteroatoms. The first kappa shape index (κ1) is 18.1. The van der Waals surface area contributed by atoms with Crippen LogP contribution < -0.4 is 18.9 Å². The van der Waals surface area contributed by atoms with Crippen LogP contribution in [0.1, 0.15) is 20.7 Å². The fraction of sp³-hybridized carbons (Fsp3) is 0.222. The molecule has 7 nitrogen and oxygen atoms in total. The lowest BCUT2D eigenvalue weighted by Gasteiger charge is -2.11. The number of carbonyl (C=O) groups excluding carboxylic acids is 2. The lowest BCUT2D eigenvalue weighted by Crippen LogP contribution is -2.14. The molecule has 0 fully saturated rings. The molecule has 0 aliphatic rings. The highest BCUT2D eigenvalue weighted by atomic mass is 16.6. The second kappa shape index (κ2) is 8.05. The maximum atomic E-state index is 12.3. The van der Waals surface area contributed by atoms with Crippen molar-refractivity contribution in [3.63, 3.8) is 0 Å². The Morgan fingerprint density at radius 1 is 0.640 bits per heavy atom. The van der Waals surface area contributed by atoms with Crippen LogP contribution in [-0.4, -0.2) is 40.4 Å². The fourth-order valence-electron chi connectivity index (χ4n) is 2.13. The van der Waals surface area contributed by atoms with Crippen LogP contribution in [0.2, 0.25) is 0 Å². The summed E-state index contributed by atoms with van der Waals surface area (Å²) in [6, 6.07) is 9.09. The molecule has 0 saturated carbocycles. The van der Waals surface area contributed by atoms with E-state index >= 15 is 0 Å². The number of hydrogen-bond acceptors (Lipinski definition) is 7. The van der Waals surface area contributed by atoms with Crippen molar-refractivity contribution < 1.29 is 33.3 Å². The molecule has 0 N–H and O–H groups in total. The van der Waals surface area contributed by atoms with E-state index < -0.39 is 11.9 Å². The third-order valence-electron chi connectivity index (χ3n) is 3.44. The summed E-state index contributed by atoms with van der Waals surface area (Å²) in [5.41, 5.74) is 0.202. The van der Waals surface area contributed by atoms with Gasteiger partial charge in [-0.05, 0) is 24.3 Å². The van der Waals surface area contributed by atoms with Gasteiger partial charge in [-0.2, -0.15) is 0 Å². The number of ether oxygens (including phenoxy) is 5. The fourth-order valence-corrected chi connectivity index (χ4v) is 2.13. The number of hydrogen-bond donors (Lipinski definition) is 0. The molecule has 0 aromatic heterocycles. The van der Waals surface area contributed by atoms with Crippen molar-refractivity contribution in [3.05, 3.63) is 47.5 Å². The SMILES string of the molecule is COc1ccc(C(=O)OC(=O)c2ccc(OC)cc2OC)c(OC)c1. The Morgan fingerprint density at radius 3 is 1.36 bits per heavy atom. The van der Waals surface area contributed by atoms with Crippen LogP contribution in [0, 0.1) is 0 Å². The molecule has 0 aliphatic heterocycles. The van der Waals surface area contributed by atoms with E-state index in [0.717, 1.165) is 0 Å². The first-order valence-electron chi connectivity index (χ1n) is 7.24. The molecule has 0 amide bonds. The standard InChI is InChI=1S/C18H18O7/c1-21-11-5-7-13(15(9-11)23-3)17(19)25-18(20)14-8-6-12(22-2)10-16(14)24-4/h5-10H,1-4H3. The van der Waals surface area contributed by atoms with Crippen molar-refractivity contribution in [2.75, 3.05) is 28.4 Å². The number of carbonyl (C=O) groups is 2. The van der Waals surface area contributed by atoms with Crippen LogP contribution in [-0.2, 0) is 4.74 Å². The van der Waals surface area contributed by atoms with E-state index in [-0.39, 0.29) is 22.6 Å². The molecule has 132 valence electrons. The molecule has 0 spiro atoms. The second-order valence-corrected chi connectivity index (χ2v) is 4.81. The van der Waals surface area contributed by atoms with Crippen molar-refractivity contribution in [3.8, 4) is 23.0 Å². The van der Waals surface area contributed by atoms with Gasteiger partial charge in [0.15, 0.2) is 0 Å². The summed E-state index contributed by atoms with van der Waals surface area (Å²) in [6.45, 7) is 0. The molecule has 25 heavy (non-hydrogen) atoms. The monoisotopic (exact) mass is 346 g/mol. The van der Waals surface area contributed by atoms with Gasteiger partial charge in [-0.25, -0.2) is 9.59 Å². The highest BCUT2D eigenvalue weighted by Crippen LogP contribution is 2.28. The van der Waals surface area contributed by atoms with Gasteiger partial charge in [-0.3, -0.25) is 0 Å². The number of benzene rings is 2. The molecule has 2 aromatic rings. The smallest absolute Gasteiger partial charge is 0.349 e. The minimum atomic E-state index is -0.845. The molecule has 0 unspecified atom stereocenters. The summed E-state index contributed by atoms with van der Waals surface area (Å²) < 4.78 is 25.3. The largest absolute Gasteiger partial charge is 0.497 e. The van der Waals surface area contributed by atoms with E-state index in [1.807, 2.05) is 0 Å². The minimum Gasteiger partial charge on any atom is -0.497 e. The Balaban J connectivity index is 2.25. The lowest BCUT2D eigenvalue weighted by molar-refractivity contribution is 0.0394. The van der Waals surface area contributed by atoms with E-state index in [2.05, 4.69) is 0 Å². The normalized spacial score (nSPS) is 9.92. The average molecular weight is 346 g/mol. The summed E-state index contributed by atoms with van der Waals surface area (Å²) >= 11 is 0. The quantitative estimate of drug-likeness (QED) is 0.587. The highest BCUT2D eigenvalue weighted by Gasteiger charge is 2.22. The molecular formula is C18H18O7. The third-order valence-corrected chi connectivity index (χ3v) is 3.44. The predicted molar refractivity (Wildman–Crippen MR) is 88.8 cm³/mol. The first-order chi connectivity index (χ1) is 12.0. The van der Waals surface area contributed by atoms with Crippen molar-refractivity contribution in [2.45, 2.75) is 0 Å². The average Bonchev–Trinajstić information content (AvgIpc) is 2.66. The van der Waals surface area contributed by atoms with E-state index in [1.54, 1.807) is 12.1 Å².